The zero-order valence-corrected chi connectivity index (χ0v) is 12.0. The van der Waals surface area contributed by atoms with Crippen LogP contribution in [0.3, 0.4) is 0 Å². The summed E-state index contributed by atoms with van der Waals surface area (Å²) in [6.07, 6.45) is 2.89. The summed E-state index contributed by atoms with van der Waals surface area (Å²) in [5.41, 5.74) is 2.30. The summed E-state index contributed by atoms with van der Waals surface area (Å²) in [5, 5.41) is 0.556. The predicted molar refractivity (Wildman–Crippen MR) is 76.5 cm³/mol. The van der Waals surface area contributed by atoms with Crippen LogP contribution in [0.25, 0.3) is 5.52 Å². The van der Waals surface area contributed by atoms with E-state index >= 15 is 0 Å². The van der Waals surface area contributed by atoms with Crippen molar-refractivity contribution in [3.8, 4) is 0 Å². The standard InChI is InChI=1S/C15H16ClNO3/c1-2-20-15(18)11-8-13(10-5-7-19-9-10)17-6-3-4-12(16)14(11)17/h3-4,6,8,10H,2,5,7,9H2,1H3. The second-order valence-corrected chi connectivity index (χ2v) is 5.25. The van der Waals surface area contributed by atoms with E-state index in [4.69, 9.17) is 21.1 Å². The number of aromatic nitrogens is 1. The molecule has 0 aliphatic carbocycles. The van der Waals surface area contributed by atoms with Crippen LogP contribution < -0.4 is 0 Å². The summed E-state index contributed by atoms with van der Waals surface area (Å²) in [7, 11) is 0. The molecule has 3 rings (SSSR count). The Balaban J connectivity index is 2.16. The van der Waals surface area contributed by atoms with Gasteiger partial charge in [-0.25, -0.2) is 4.79 Å². The number of carbonyl (C=O) groups excluding carboxylic acids is 1. The summed E-state index contributed by atoms with van der Waals surface area (Å²) in [6, 6.07) is 5.55. The fourth-order valence-corrected chi connectivity index (χ4v) is 2.95. The number of carbonyl (C=O) groups is 1. The molecule has 0 spiro atoms. The molecule has 20 heavy (non-hydrogen) atoms. The zero-order chi connectivity index (χ0) is 14.1. The normalized spacial score (nSPS) is 18.6. The van der Waals surface area contributed by atoms with Gasteiger partial charge in [0.25, 0.3) is 0 Å². The molecule has 0 amide bonds. The highest BCUT2D eigenvalue weighted by Crippen LogP contribution is 2.32. The minimum Gasteiger partial charge on any atom is -0.462 e. The second-order valence-electron chi connectivity index (χ2n) is 4.84. The summed E-state index contributed by atoms with van der Waals surface area (Å²) < 4.78 is 12.6. The average Bonchev–Trinajstić information content (AvgIpc) is 3.06. The van der Waals surface area contributed by atoms with Crippen molar-refractivity contribution in [1.82, 2.24) is 4.40 Å². The highest BCUT2D eigenvalue weighted by Gasteiger charge is 2.25. The van der Waals surface area contributed by atoms with Crippen LogP contribution in [0, 0.1) is 0 Å². The fourth-order valence-electron chi connectivity index (χ4n) is 2.69. The monoisotopic (exact) mass is 293 g/mol. The van der Waals surface area contributed by atoms with Crippen LogP contribution in [-0.2, 0) is 9.47 Å². The molecule has 1 saturated heterocycles. The predicted octanol–water partition coefficient (Wildman–Crippen LogP) is 3.27. The van der Waals surface area contributed by atoms with Crippen LogP contribution >= 0.6 is 11.6 Å². The van der Waals surface area contributed by atoms with Crippen molar-refractivity contribution < 1.29 is 14.3 Å². The number of nitrogens with zero attached hydrogens (tertiary/aromatic N) is 1. The van der Waals surface area contributed by atoms with E-state index < -0.39 is 0 Å². The molecule has 1 fully saturated rings. The Kier molecular flexibility index (Phi) is 3.68. The summed E-state index contributed by atoms with van der Waals surface area (Å²) in [6.45, 7) is 3.58. The Bertz CT molecular complexity index is 644. The number of fused-ring (bicyclic) bond motifs is 1. The highest BCUT2D eigenvalue weighted by molar-refractivity contribution is 6.34. The maximum absolute atomic E-state index is 12.1. The first kappa shape index (κ1) is 13.5. The highest BCUT2D eigenvalue weighted by atomic mass is 35.5. The van der Waals surface area contributed by atoms with Gasteiger partial charge in [-0.1, -0.05) is 11.6 Å². The molecular weight excluding hydrogens is 278 g/mol. The van der Waals surface area contributed by atoms with Gasteiger partial charge in [0.2, 0.25) is 0 Å². The van der Waals surface area contributed by atoms with Crippen LogP contribution in [-0.4, -0.2) is 30.2 Å². The van der Waals surface area contributed by atoms with Crippen molar-refractivity contribution in [3.05, 3.63) is 40.7 Å². The lowest BCUT2D eigenvalue weighted by atomic mass is 10.0. The van der Waals surface area contributed by atoms with Gasteiger partial charge in [-0.15, -0.1) is 0 Å². The molecular formula is C15H16ClNO3. The van der Waals surface area contributed by atoms with Crippen LogP contribution in [0.15, 0.2) is 24.4 Å². The van der Waals surface area contributed by atoms with Crippen LogP contribution in [0.5, 0.6) is 0 Å². The van der Waals surface area contributed by atoms with E-state index in [0.29, 0.717) is 29.7 Å². The van der Waals surface area contributed by atoms with Crippen molar-refractivity contribution in [3.63, 3.8) is 0 Å². The van der Waals surface area contributed by atoms with Crippen LogP contribution in [0.1, 0.15) is 35.3 Å². The molecule has 2 aromatic heterocycles. The van der Waals surface area contributed by atoms with Crippen molar-refractivity contribution >= 4 is 23.1 Å². The van der Waals surface area contributed by atoms with E-state index in [2.05, 4.69) is 0 Å². The molecule has 1 aliphatic heterocycles. The number of halogens is 1. The average molecular weight is 294 g/mol. The smallest absolute Gasteiger partial charge is 0.340 e. The number of hydrogen-bond donors (Lipinski definition) is 0. The first-order chi connectivity index (χ1) is 9.72. The SMILES string of the molecule is CCOC(=O)c1cc(C2CCOC2)n2cccc(Cl)c12. The van der Waals surface area contributed by atoms with Crippen molar-refractivity contribution in [2.45, 2.75) is 19.3 Å². The maximum Gasteiger partial charge on any atom is 0.340 e. The second kappa shape index (κ2) is 5.46. The lowest BCUT2D eigenvalue weighted by Gasteiger charge is -2.08. The first-order valence-electron chi connectivity index (χ1n) is 6.76. The number of pyridine rings is 1. The maximum atomic E-state index is 12.1. The summed E-state index contributed by atoms with van der Waals surface area (Å²) in [5.74, 6) is -0.0348. The van der Waals surface area contributed by atoms with Crippen LogP contribution in [0.4, 0.5) is 0 Å². The minimum absolute atomic E-state index is 0.296. The van der Waals surface area contributed by atoms with Gasteiger partial charge in [0.1, 0.15) is 0 Å². The van der Waals surface area contributed by atoms with Gasteiger partial charge in [0.05, 0.1) is 29.3 Å². The van der Waals surface area contributed by atoms with Crippen molar-refractivity contribution in [2.75, 3.05) is 19.8 Å². The molecule has 2 aromatic rings. The van der Waals surface area contributed by atoms with E-state index in [1.165, 1.54) is 0 Å². The van der Waals surface area contributed by atoms with E-state index in [-0.39, 0.29) is 5.97 Å². The zero-order valence-electron chi connectivity index (χ0n) is 11.3. The number of esters is 1. The largest absolute Gasteiger partial charge is 0.462 e. The van der Waals surface area contributed by atoms with Gasteiger partial charge in [-0.3, -0.25) is 0 Å². The molecule has 0 N–H and O–H groups in total. The molecule has 1 atom stereocenters. The number of rotatable bonds is 3. The lowest BCUT2D eigenvalue weighted by Crippen LogP contribution is -2.04. The quantitative estimate of drug-likeness (QED) is 0.816. The topological polar surface area (TPSA) is 39.9 Å². The third-order valence-electron chi connectivity index (χ3n) is 3.61. The lowest BCUT2D eigenvalue weighted by molar-refractivity contribution is 0.0528. The third-order valence-corrected chi connectivity index (χ3v) is 3.92. The Labute approximate surface area is 122 Å². The molecule has 1 unspecified atom stereocenters. The van der Waals surface area contributed by atoms with Crippen molar-refractivity contribution in [1.29, 1.82) is 0 Å². The van der Waals surface area contributed by atoms with Gasteiger partial charge in [-0.2, -0.15) is 0 Å². The number of ether oxygens (including phenoxy) is 2. The minimum atomic E-state index is -0.330. The molecule has 0 aromatic carbocycles. The van der Waals surface area contributed by atoms with E-state index in [9.17, 15) is 4.79 Å². The van der Waals surface area contributed by atoms with E-state index in [1.807, 2.05) is 22.7 Å². The summed E-state index contributed by atoms with van der Waals surface area (Å²) >= 11 is 6.27. The van der Waals surface area contributed by atoms with Gasteiger partial charge in [0, 0.05) is 24.4 Å². The van der Waals surface area contributed by atoms with Crippen LogP contribution in [0.2, 0.25) is 5.02 Å². The van der Waals surface area contributed by atoms with E-state index in [1.54, 1.807) is 13.0 Å². The molecule has 0 bridgehead atoms. The molecule has 0 radical (unpaired) electrons. The van der Waals surface area contributed by atoms with Gasteiger partial charge in [0.15, 0.2) is 0 Å². The molecule has 106 valence electrons. The Hall–Kier alpha value is -1.52. The van der Waals surface area contributed by atoms with Gasteiger partial charge >= 0.3 is 5.97 Å². The summed E-state index contributed by atoms with van der Waals surface area (Å²) in [4.78, 5) is 12.1. The molecule has 4 nitrogen and oxygen atoms in total. The van der Waals surface area contributed by atoms with Gasteiger partial charge < -0.3 is 13.9 Å². The fraction of sp³-hybridized carbons (Fsp3) is 0.400. The first-order valence-corrected chi connectivity index (χ1v) is 7.14. The molecule has 5 heteroatoms. The van der Waals surface area contributed by atoms with Gasteiger partial charge in [-0.05, 0) is 31.5 Å². The van der Waals surface area contributed by atoms with E-state index in [0.717, 1.165) is 24.2 Å². The van der Waals surface area contributed by atoms with Crippen molar-refractivity contribution in [2.24, 2.45) is 0 Å². The Morgan fingerprint density at radius 1 is 1.60 bits per heavy atom. The molecule has 1 aliphatic rings. The number of hydrogen-bond acceptors (Lipinski definition) is 3. The molecule has 3 heterocycles. The Morgan fingerprint density at radius 3 is 3.15 bits per heavy atom. The Morgan fingerprint density at radius 2 is 2.45 bits per heavy atom. The molecule has 0 saturated carbocycles. The third kappa shape index (κ3) is 2.19.